The number of ether oxygens (including phenoxy) is 2. The molecule has 0 aliphatic carbocycles. The third-order valence-corrected chi connectivity index (χ3v) is 6.61. The summed E-state index contributed by atoms with van der Waals surface area (Å²) in [6.45, 7) is 11.5. The summed E-state index contributed by atoms with van der Waals surface area (Å²) in [6.07, 6.45) is 1.54. The molecular weight excluding hydrogens is 428 g/mol. The van der Waals surface area contributed by atoms with Crippen molar-refractivity contribution in [3.05, 3.63) is 52.2 Å². The molecule has 0 unspecified atom stereocenters. The molecule has 0 N–H and O–H groups in total. The molecule has 7 nitrogen and oxygen atoms in total. The molecule has 3 heterocycles. The van der Waals surface area contributed by atoms with Crippen molar-refractivity contribution in [2.24, 2.45) is 5.92 Å². The van der Waals surface area contributed by atoms with Crippen LogP contribution in [0.4, 0.5) is 5.82 Å². The molecule has 0 radical (unpaired) electrons. The predicted molar refractivity (Wildman–Crippen MR) is 131 cm³/mol. The van der Waals surface area contributed by atoms with Gasteiger partial charge in [0.1, 0.15) is 17.6 Å². The second-order valence-corrected chi connectivity index (χ2v) is 10.2. The maximum atomic E-state index is 13.0. The van der Waals surface area contributed by atoms with Crippen molar-refractivity contribution in [2.45, 2.75) is 52.7 Å². The SMILES string of the molecule is COc1ccc(C(=O)N2CCN(c3nc4c(c(CC(C)C)c3C#N)COC(C)(C)C4)CC2)cc1. The fraction of sp³-hybridized carbons (Fsp3) is 0.519. The average Bonchev–Trinajstić information content (AvgIpc) is 2.82. The molecule has 1 aromatic carbocycles. The Balaban J connectivity index is 1.58. The smallest absolute Gasteiger partial charge is 0.253 e. The third-order valence-electron chi connectivity index (χ3n) is 6.61. The van der Waals surface area contributed by atoms with Gasteiger partial charge in [-0.3, -0.25) is 4.79 Å². The number of hydrogen-bond donors (Lipinski definition) is 0. The number of pyridine rings is 1. The predicted octanol–water partition coefficient (Wildman–Crippen LogP) is 3.97. The van der Waals surface area contributed by atoms with E-state index in [1.807, 2.05) is 4.90 Å². The molecule has 7 heteroatoms. The monoisotopic (exact) mass is 462 g/mol. The van der Waals surface area contributed by atoms with Crippen molar-refractivity contribution in [2.75, 3.05) is 38.2 Å². The van der Waals surface area contributed by atoms with Gasteiger partial charge in [0.05, 0.1) is 30.6 Å². The summed E-state index contributed by atoms with van der Waals surface area (Å²) in [4.78, 5) is 22.1. The van der Waals surface area contributed by atoms with Crippen molar-refractivity contribution in [1.82, 2.24) is 9.88 Å². The van der Waals surface area contributed by atoms with Gasteiger partial charge in [-0.15, -0.1) is 0 Å². The zero-order valence-electron chi connectivity index (χ0n) is 20.9. The van der Waals surface area contributed by atoms with Gasteiger partial charge >= 0.3 is 0 Å². The van der Waals surface area contributed by atoms with E-state index in [1.165, 1.54) is 0 Å². The highest BCUT2D eigenvalue weighted by Crippen LogP contribution is 2.35. The normalized spacial score (nSPS) is 17.3. The number of benzene rings is 1. The van der Waals surface area contributed by atoms with E-state index in [9.17, 15) is 10.1 Å². The van der Waals surface area contributed by atoms with E-state index in [2.05, 4.69) is 38.7 Å². The number of amides is 1. The zero-order chi connectivity index (χ0) is 24.5. The summed E-state index contributed by atoms with van der Waals surface area (Å²) in [7, 11) is 1.61. The fourth-order valence-corrected chi connectivity index (χ4v) is 4.77. The number of methoxy groups -OCH3 is 1. The Morgan fingerprint density at radius 2 is 1.88 bits per heavy atom. The van der Waals surface area contributed by atoms with Crippen LogP contribution in [0.5, 0.6) is 5.75 Å². The van der Waals surface area contributed by atoms with Crippen molar-refractivity contribution < 1.29 is 14.3 Å². The molecule has 0 spiro atoms. The van der Waals surface area contributed by atoms with E-state index in [0.717, 1.165) is 41.2 Å². The number of aromatic nitrogens is 1. The second kappa shape index (κ2) is 9.63. The molecule has 180 valence electrons. The zero-order valence-corrected chi connectivity index (χ0v) is 20.9. The topological polar surface area (TPSA) is 78.7 Å². The van der Waals surface area contributed by atoms with E-state index >= 15 is 0 Å². The molecule has 1 fully saturated rings. The van der Waals surface area contributed by atoms with Gasteiger partial charge in [-0.1, -0.05) is 13.8 Å². The highest BCUT2D eigenvalue weighted by atomic mass is 16.5. The Bertz CT molecular complexity index is 1090. The first-order valence-corrected chi connectivity index (χ1v) is 12.0. The molecule has 0 saturated carbocycles. The van der Waals surface area contributed by atoms with Gasteiger partial charge in [-0.25, -0.2) is 4.98 Å². The molecule has 1 saturated heterocycles. The molecule has 2 aromatic rings. The van der Waals surface area contributed by atoms with Gasteiger partial charge in [0.15, 0.2) is 0 Å². The van der Waals surface area contributed by atoms with Crippen LogP contribution in [-0.4, -0.2) is 54.7 Å². The molecule has 2 aliphatic heterocycles. The third kappa shape index (κ3) is 4.88. The van der Waals surface area contributed by atoms with Gasteiger partial charge < -0.3 is 19.3 Å². The van der Waals surface area contributed by atoms with Crippen LogP contribution in [0.25, 0.3) is 0 Å². The lowest BCUT2D eigenvalue weighted by atomic mass is 9.88. The van der Waals surface area contributed by atoms with E-state index in [4.69, 9.17) is 14.5 Å². The number of nitriles is 1. The highest BCUT2D eigenvalue weighted by molar-refractivity contribution is 5.94. The van der Waals surface area contributed by atoms with Crippen LogP contribution in [0.15, 0.2) is 24.3 Å². The number of anilines is 1. The Hall–Kier alpha value is -3.11. The van der Waals surface area contributed by atoms with Crippen LogP contribution < -0.4 is 9.64 Å². The van der Waals surface area contributed by atoms with Gasteiger partial charge in [0, 0.05) is 43.7 Å². The second-order valence-electron chi connectivity index (χ2n) is 10.2. The van der Waals surface area contributed by atoms with Crippen molar-refractivity contribution in [1.29, 1.82) is 5.26 Å². The summed E-state index contributed by atoms with van der Waals surface area (Å²) in [5.74, 6) is 1.92. The molecule has 1 aromatic heterocycles. The highest BCUT2D eigenvalue weighted by Gasteiger charge is 2.33. The van der Waals surface area contributed by atoms with Crippen LogP contribution in [0, 0.1) is 17.2 Å². The number of carbonyl (C=O) groups is 1. The Morgan fingerprint density at radius 3 is 2.47 bits per heavy atom. The summed E-state index contributed by atoms with van der Waals surface area (Å²) in [5, 5.41) is 10.1. The van der Waals surface area contributed by atoms with Crippen molar-refractivity contribution in [3.63, 3.8) is 0 Å². The Kier molecular flexibility index (Phi) is 6.81. The fourth-order valence-electron chi connectivity index (χ4n) is 4.77. The van der Waals surface area contributed by atoms with Crippen LogP contribution in [0.1, 0.15) is 60.4 Å². The molecule has 0 bridgehead atoms. The molecule has 2 aliphatic rings. The molecule has 4 rings (SSSR count). The van der Waals surface area contributed by atoms with Gasteiger partial charge in [-0.05, 0) is 56.0 Å². The quantitative estimate of drug-likeness (QED) is 0.669. The summed E-state index contributed by atoms with van der Waals surface area (Å²) in [5.41, 5.74) is 4.24. The number of piperazine rings is 1. The van der Waals surface area contributed by atoms with E-state index in [0.29, 0.717) is 49.8 Å². The largest absolute Gasteiger partial charge is 0.497 e. The molecular formula is C27H34N4O3. The molecule has 34 heavy (non-hydrogen) atoms. The number of nitrogens with zero attached hydrogens (tertiary/aromatic N) is 4. The first-order valence-electron chi connectivity index (χ1n) is 12.0. The Labute approximate surface area is 202 Å². The maximum absolute atomic E-state index is 13.0. The minimum Gasteiger partial charge on any atom is -0.497 e. The molecule has 0 atom stereocenters. The number of rotatable bonds is 5. The minimum absolute atomic E-state index is 0.0144. The lowest BCUT2D eigenvalue weighted by Crippen LogP contribution is -2.49. The van der Waals surface area contributed by atoms with Gasteiger partial charge in [0.2, 0.25) is 0 Å². The number of fused-ring (bicyclic) bond motifs is 1. The van der Waals surface area contributed by atoms with Gasteiger partial charge in [0.25, 0.3) is 5.91 Å². The summed E-state index contributed by atoms with van der Waals surface area (Å²) >= 11 is 0. The minimum atomic E-state index is -0.274. The number of hydrogen-bond acceptors (Lipinski definition) is 6. The average molecular weight is 463 g/mol. The van der Waals surface area contributed by atoms with E-state index < -0.39 is 0 Å². The summed E-state index contributed by atoms with van der Waals surface area (Å²) < 4.78 is 11.3. The number of carbonyl (C=O) groups excluding carboxylic acids is 1. The lowest BCUT2D eigenvalue weighted by Gasteiger charge is -2.38. The van der Waals surface area contributed by atoms with Crippen LogP contribution >= 0.6 is 0 Å². The first-order chi connectivity index (χ1) is 16.2. The van der Waals surface area contributed by atoms with E-state index in [1.54, 1.807) is 31.4 Å². The summed E-state index contributed by atoms with van der Waals surface area (Å²) in [6, 6.07) is 9.67. The van der Waals surface area contributed by atoms with Crippen molar-refractivity contribution >= 4 is 11.7 Å². The van der Waals surface area contributed by atoms with Crippen LogP contribution in [-0.2, 0) is 24.2 Å². The maximum Gasteiger partial charge on any atom is 0.253 e. The Morgan fingerprint density at radius 1 is 1.21 bits per heavy atom. The standard InChI is InChI=1S/C27H34N4O3/c1-18(2)14-21-22(16-28)25(29-24-15-27(3,4)34-17-23(21)24)30-10-12-31(13-11-30)26(32)19-6-8-20(33-5)9-7-19/h6-9,18H,10-15,17H2,1-5H3. The molecule has 1 amide bonds. The van der Waals surface area contributed by atoms with Crippen molar-refractivity contribution in [3.8, 4) is 11.8 Å². The van der Waals surface area contributed by atoms with Crippen LogP contribution in [0.3, 0.4) is 0 Å². The van der Waals surface area contributed by atoms with E-state index in [-0.39, 0.29) is 11.5 Å². The lowest BCUT2D eigenvalue weighted by molar-refractivity contribution is -0.0417. The first kappa shape index (κ1) is 24.0. The van der Waals surface area contributed by atoms with Crippen LogP contribution in [0.2, 0.25) is 0 Å². The van der Waals surface area contributed by atoms with Gasteiger partial charge in [-0.2, -0.15) is 5.26 Å².